The van der Waals surface area contributed by atoms with E-state index >= 15 is 0 Å². The Morgan fingerprint density at radius 2 is 1.79 bits per heavy atom. The van der Waals surface area contributed by atoms with E-state index in [0.717, 1.165) is 18.2 Å². The zero-order valence-electron chi connectivity index (χ0n) is 10.3. The molecule has 1 rings (SSSR count). The molecule has 0 unspecified atom stereocenters. The largest absolute Gasteiger partial charge is 0.416 e. The minimum Gasteiger partial charge on any atom is -0.396 e. The highest BCUT2D eigenvalue weighted by molar-refractivity contribution is 6.33. The molecule has 0 aromatic heterocycles. The Hall–Kier alpha value is -0.980. The third kappa shape index (κ3) is 4.26. The molecule has 0 saturated carbocycles. The molecule has 1 aromatic carbocycles. The summed E-state index contributed by atoms with van der Waals surface area (Å²) in [4.78, 5) is 0. The summed E-state index contributed by atoms with van der Waals surface area (Å²) < 4.78 is 37.7. The molecule has 7 heteroatoms. The normalized spacial score (nSPS) is 12.6. The minimum absolute atomic E-state index is 0.0982. The van der Waals surface area contributed by atoms with E-state index in [1.54, 1.807) is 6.92 Å². The van der Waals surface area contributed by atoms with Gasteiger partial charge in [-0.15, -0.1) is 0 Å². The van der Waals surface area contributed by atoms with Crippen LogP contribution in [0.2, 0.25) is 5.02 Å². The van der Waals surface area contributed by atoms with Crippen LogP contribution in [0.4, 0.5) is 18.9 Å². The van der Waals surface area contributed by atoms with Crippen LogP contribution in [0.25, 0.3) is 0 Å². The maximum absolute atomic E-state index is 12.6. The Morgan fingerprint density at radius 3 is 2.26 bits per heavy atom. The van der Waals surface area contributed by atoms with Crippen LogP contribution in [-0.4, -0.2) is 30.0 Å². The summed E-state index contributed by atoms with van der Waals surface area (Å²) in [5.74, 6) is 0. The van der Waals surface area contributed by atoms with E-state index in [0.29, 0.717) is 0 Å². The van der Waals surface area contributed by atoms with Gasteiger partial charge < -0.3 is 15.5 Å². The SMILES string of the molecule is CC(CO)(CO)CNc1cc(C(F)(F)F)ccc1Cl. The first kappa shape index (κ1) is 16.1. The number of hydrogen-bond acceptors (Lipinski definition) is 3. The van der Waals surface area contributed by atoms with E-state index in [1.807, 2.05) is 0 Å². The molecule has 0 aliphatic rings. The zero-order chi connectivity index (χ0) is 14.7. The lowest BCUT2D eigenvalue weighted by molar-refractivity contribution is -0.137. The highest BCUT2D eigenvalue weighted by Crippen LogP contribution is 2.34. The molecule has 0 aliphatic carbocycles. The average Bonchev–Trinajstić information content (AvgIpc) is 2.36. The first-order valence-corrected chi connectivity index (χ1v) is 5.92. The van der Waals surface area contributed by atoms with Crippen molar-refractivity contribution in [1.29, 1.82) is 0 Å². The molecule has 0 spiro atoms. The van der Waals surface area contributed by atoms with Crippen molar-refractivity contribution in [2.75, 3.05) is 25.1 Å². The average molecular weight is 298 g/mol. The molecule has 0 radical (unpaired) electrons. The molecule has 3 N–H and O–H groups in total. The van der Waals surface area contributed by atoms with Crippen molar-refractivity contribution in [3.05, 3.63) is 28.8 Å². The summed E-state index contributed by atoms with van der Waals surface area (Å²) in [6, 6.07) is 2.95. The number of hydrogen-bond donors (Lipinski definition) is 3. The maximum Gasteiger partial charge on any atom is 0.416 e. The maximum atomic E-state index is 12.6. The Morgan fingerprint density at radius 1 is 1.21 bits per heavy atom. The molecular weight excluding hydrogens is 283 g/mol. The summed E-state index contributed by atoms with van der Waals surface area (Å²) >= 11 is 5.81. The Bertz CT molecular complexity index is 433. The van der Waals surface area contributed by atoms with Gasteiger partial charge in [-0.2, -0.15) is 13.2 Å². The van der Waals surface area contributed by atoms with Crippen LogP contribution in [0.15, 0.2) is 18.2 Å². The fraction of sp³-hybridized carbons (Fsp3) is 0.500. The minimum atomic E-state index is -4.45. The van der Waals surface area contributed by atoms with Crippen LogP contribution in [0, 0.1) is 5.41 Å². The highest BCUT2D eigenvalue weighted by atomic mass is 35.5. The summed E-state index contributed by atoms with van der Waals surface area (Å²) in [7, 11) is 0. The molecule has 19 heavy (non-hydrogen) atoms. The predicted molar refractivity (Wildman–Crippen MR) is 67.2 cm³/mol. The lowest BCUT2D eigenvalue weighted by atomic mass is 9.93. The van der Waals surface area contributed by atoms with Crippen molar-refractivity contribution in [2.45, 2.75) is 13.1 Å². The summed E-state index contributed by atoms with van der Waals surface area (Å²) in [6.45, 7) is 1.10. The quantitative estimate of drug-likeness (QED) is 0.783. The lowest BCUT2D eigenvalue weighted by Crippen LogP contribution is -2.34. The van der Waals surface area contributed by atoms with Gasteiger partial charge in [0.15, 0.2) is 0 Å². The van der Waals surface area contributed by atoms with Crippen molar-refractivity contribution in [2.24, 2.45) is 5.41 Å². The smallest absolute Gasteiger partial charge is 0.396 e. The van der Waals surface area contributed by atoms with Gasteiger partial charge >= 0.3 is 6.18 Å². The van der Waals surface area contributed by atoms with Gasteiger partial charge in [0.2, 0.25) is 0 Å². The van der Waals surface area contributed by atoms with E-state index in [2.05, 4.69) is 5.32 Å². The molecule has 0 aliphatic heterocycles. The first-order valence-electron chi connectivity index (χ1n) is 5.54. The van der Waals surface area contributed by atoms with Crippen LogP contribution < -0.4 is 5.32 Å². The van der Waals surface area contributed by atoms with E-state index in [4.69, 9.17) is 21.8 Å². The van der Waals surface area contributed by atoms with Crippen LogP contribution in [0.3, 0.4) is 0 Å². The number of aliphatic hydroxyl groups excluding tert-OH is 2. The number of benzene rings is 1. The summed E-state index contributed by atoms with van der Waals surface area (Å²) in [5.41, 5.74) is -1.53. The number of alkyl halides is 3. The summed E-state index contributed by atoms with van der Waals surface area (Å²) in [6.07, 6.45) is -4.45. The van der Waals surface area contributed by atoms with Crippen LogP contribution in [0.5, 0.6) is 0 Å². The summed E-state index contributed by atoms with van der Waals surface area (Å²) in [5, 5.41) is 21.1. The molecule has 108 valence electrons. The number of anilines is 1. The van der Waals surface area contributed by atoms with Gasteiger partial charge in [0, 0.05) is 12.0 Å². The third-order valence-electron chi connectivity index (χ3n) is 2.76. The Labute approximate surface area is 114 Å². The monoisotopic (exact) mass is 297 g/mol. The van der Waals surface area contributed by atoms with E-state index in [9.17, 15) is 13.2 Å². The van der Waals surface area contributed by atoms with Gasteiger partial charge in [-0.25, -0.2) is 0 Å². The van der Waals surface area contributed by atoms with Gasteiger partial charge in [0.1, 0.15) is 0 Å². The Balaban J connectivity index is 2.89. The number of aliphatic hydroxyl groups is 2. The highest BCUT2D eigenvalue weighted by Gasteiger charge is 2.31. The van der Waals surface area contributed by atoms with Gasteiger partial charge in [-0.3, -0.25) is 0 Å². The van der Waals surface area contributed by atoms with Crippen molar-refractivity contribution in [3.63, 3.8) is 0 Å². The Kier molecular flexibility index (Phi) is 5.06. The zero-order valence-corrected chi connectivity index (χ0v) is 11.0. The van der Waals surface area contributed by atoms with Crippen molar-refractivity contribution in [1.82, 2.24) is 0 Å². The molecule has 0 bridgehead atoms. The molecular formula is C12H15ClF3NO2. The van der Waals surface area contributed by atoms with Crippen LogP contribution in [0.1, 0.15) is 12.5 Å². The topological polar surface area (TPSA) is 52.5 Å². The molecule has 0 atom stereocenters. The van der Waals surface area contributed by atoms with E-state index < -0.39 is 17.2 Å². The number of halogens is 4. The second-order valence-electron chi connectivity index (χ2n) is 4.67. The number of nitrogens with one attached hydrogen (secondary N) is 1. The molecule has 1 aromatic rings. The third-order valence-corrected chi connectivity index (χ3v) is 3.09. The van der Waals surface area contributed by atoms with Crippen molar-refractivity contribution in [3.8, 4) is 0 Å². The molecule has 0 fully saturated rings. The van der Waals surface area contributed by atoms with Crippen LogP contribution >= 0.6 is 11.6 Å². The van der Waals surface area contributed by atoms with Gasteiger partial charge in [0.25, 0.3) is 0 Å². The van der Waals surface area contributed by atoms with E-state index in [-0.39, 0.29) is 30.5 Å². The molecule has 0 saturated heterocycles. The standard InChI is InChI=1S/C12H15ClF3NO2/c1-11(6-18,7-19)5-17-10-4-8(12(14,15)16)2-3-9(10)13/h2-4,17-19H,5-7H2,1H3. The fourth-order valence-electron chi connectivity index (χ4n) is 1.31. The first-order chi connectivity index (χ1) is 8.72. The van der Waals surface area contributed by atoms with Gasteiger partial charge in [-0.05, 0) is 18.2 Å². The van der Waals surface area contributed by atoms with Crippen LogP contribution in [-0.2, 0) is 6.18 Å². The van der Waals surface area contributed by atoms with Gasteiger partial charge in [0.05, 0.1) is 29.5 Å². The molecule has 3 nitrogen and oxygen atoms in total. The fourth-order valence-corrected chi connectivity index (χ4v) is 1.49. The van der Waals surface area contributed by atoms with Gasteiger partial charge in [-0.1, -0.05) is 18.5 Å². The van der Waals surface area contributed by atoms with Crippen molar-refractivity contribution < 1.29 is 23.4 Å². The van der Waals surface area contributed by atoms with E-state index in [1.165, 1.54) is 0 Å². The second-order valence-corrected chi connectivity index (χ2v) is 5.08. The second kappa shape index (κ2) is 5.98. The lowest BCUT2D eigenvalue weighted by Gasteiger charge is -2.25. The predicted octanol–water partition coefficient (Wildman–Crippen LogP) is 2.76. The van der Waals surface area contributed by atoms with Crippen molar-refractivity contribution >= 4 is 17.3 Å². The number of rotatable bonds is 5. The molecule has 0 amide bonds. The molecule has 0 heterocycles.